The molecule has 0 bridgehead atoms. The molecule has 0 aliphatic rings. The maximum atomic E-state index is 13.4. The van der Waals surface area contributed by atoms with Crippen LogP contribution in [0.1, 0.15) is 5.82 Å². The summed E-state index contributed by atoms with van der Waals surface area (Å²) in [4.78, 5) is 4.14. The molecule has 0 spiro atoms. The minimum Gasteiger partial charge on any atom is -0.322 e. The molecule has 98 valence electrons. The standard InChI is InChI=1S/C11H9BrClF3N2/c12-6-3-9-8(4-7(6)14)17-11(1-2-13)18(9)5-10(15)16/h3-4,10H,1-2,5H2. The van der Waals surface area contributed by atoms with Gasteiger partial charge in [0.25, 0.3) is 6.43 Å². The summed E-state index contributed by atoms with van der Waals surface area (Å²) < 4.78 is 40.1. The average Bonchev–Trinajstić information content (AvgIpc) is 2.58. The van der Waals surface area contributed by atoms with Crippen LogP contribution >= 0.6 is 27.5 Å². The van der Waals surface area contributed by atoms with Gasteiger partial charge in [0.2, 0.25) is 0 Å². The zero-order chi connectivity index (χ0) is 13.3. The number of benzene rings is 1. The molecule has 2 rings (SSSR count). The van der Waals surface area contributed by atoms with E-state index in [-0.39, 0.29) is 10.4 Å². The summed E-state index contributed by atoms with van der Waals surface area (Å²) in [5.74, 6) is 0.246. The minimum atomic E-state index is -2.50. The van der Waals surface area contributed by atoms with E-state index in [4.69, 9.17) is 11.6 Å². The molecule has 0 saturated heterocycles. The summed E-state index contributed by atoms with van der Waals surface area (Å²) in [5, 5.41) is 0. The maximum absolute atomic E-state index is 13.4. The summed E-state index contributed by atoms with van der Waals surface area (Å²) in [6.07, 6.45) is -2.14. The molecular formula is C11H9BrClF3N2. The number of hydrogen-bond acceptors (Lipinski definition) is 1. The Morgan fingerprint density at radius 2 is 2.11 bits per heavy atom. The van der Waals surface area contributed by atoms with Crippen molar-refractivity contribution in [2.45, 2.75) is 19.4 Å². The van der Waals surface area contributed by atoms with Gasteiger partial charge < -0.3 is 4.57 Å². The van der Waals surface area contributed by atoms with Crippen LogP contribution in [0, 0.1) is 5.82 Å². The summed E-state index contributed by atoms with van der Waals surface area (Å²) in [5.41, 5.74) is 0.833. The highest BCUT2D eigenvalue weighted by Crippen LogP contribution is 2.25. The highest BCUT2D eigenvalue weighted by molar-refractivity contribution is 9.10. The van der Waals surface area contributed by atoms with E-state index in [0.717, 1.165) is 0 Å². The van der Waals surface area contributed by atoms with Gasteiger partial charge in [0, 0.05) is 18.4 Å². The zero-order valence-corrected chi connectivity index (χ0v) is 11.5. The van der Waals surface area contributed by atoms with Crippen LogP contribution in [-0.2, 0) is 13.0 Å². The van der Waals surface area contributed by atoms with Crippen molar-refractivity contribution in [3.05, 3.63) is 28.2 Å². The van der Waals surface area contributed by atoms with Crippen molar-refractivity contribution in [3.8, 4) is 0 Å². The third-order valence-corrected chi connectivity index (χ3v) is 3.30. The van der Waals surface area contributed by atoms with Crippen LogP contribution in [-0.4, -0.2) is 21.9 Å². The third-order valence-electron chi connectivity index (χ3n) is 2.51. The molecule has 0 radical (unpaired) electrons. The van der Waals surface area contributed by atoms with Crippen molar-refractivity contribution < 1.29 is 13.2 Å². The topological polar surface area (TPSA) is 17.8 Å². The first-order chi connectivity index (χ1) is 8.52. The Kier molecular flexibility index (Phi) is 4.17. The lowest BCUT2D eigenvalue weighted by Crippen LogP contribution is -2.10. The van der Waals surface area contributed by atoms with Gasteiger partial charge in [0.1, 0.15) is 11.6 Å². The Bertz CT molecular complexity index is 571. The van der Waals surface area contributed by atoms with Gasteiger partial charge in [-0.25, -0.2) is 18.2 Å². The summed E-state index contributed by atoms with van der Waals surface area (Å²) in [6.45, 7) is -0.471. The van der Waals surface area contributed by atoms with E-state index in [1.807, 2.05) is 0 Å². The summed E-state index contributed by atoms with van der Waals surface area (Å²) in [7, 11) is 0. The van der Waals surface area contributed by atoms with Crippen molar-refractivity contribution >= 4 is 38.6 Å². The van der Waals surface area contributed by atoms with Crippen LogP contribution in [0.4, 0.5) is 13.2 Å². The number of nitrogens with zero attached hydrogens (tertiary/aromatic N) is 2. The van der Waals surface area contributed by atoms with Crippen molar-refractivity contribution in [1.82, 2.24) is 9.55 Å². The van der Waals surface area contributed by atoms with Crippen LogP contribution in [0.15, 0.2) is 16.6 Å². The zero-order valence-electron chi connectivity index (χ0n) is 9.14. The Morgan fingerprint density at radius 3 is 2.72 bits per heavy atom. The molecule has 0 fully saturated rings. The van der Waals surface area contributed by atoms with Crippen molar-refractivity contribution in [2.24, 2.45) is 0 Å². The van der Waals surface area contributed by atoms with Crippen LogP contribution in [0.2, 0.25) is 0 Å². The number of aromatic nitrogens is 2. The van der Waals surface area contributed by atoms with Gasteiger partial charge in [-0.05, 0) is 22.0 Å². The molecule has 0 unspecified atom stereocenters. The highest BCUT2D eigenvalue weighted by Gasteiger charge is 2.16. The molecule has 0 aliphatic carbocycles. The second-order valence-electron chi connectivity index (χ2n) is 3.72. The van der Waals surface area contributed by atoms with E-state index in [1.54, 1.807) is 0 Å². The molecule has 0 aliphatic heterocycles. The van der Waals surface area contributed by atoms with E-state index in [2.05, 4.69) is 20.9 Å². The van der Waals surface area contributed by atoms with Crippen molar-refractivity contribution in [1.29, 1.82) is 0 Å². The Morgan fingerprint density at radius 1 is 1.39 bits per heavy atom. The number of alkyl halides is 3. The molecule has 1 aromatic carbocycles. The number of aryl methyl sites for hydroxylation is 1. The monoisotopic (exact) mass is 340 g/mol. The quantitative estimate of drug-likeness (QED) is 0.769. The maximum Gasteiger partial charge on any atom is 0.256 e. The molecule has 0 N–H and O–H groups in total. The van der Waals surface area contributed by atoms with Gasteiger partial charge in [0.15, 0.2) is 0 Å². The van der Waals surface area contributed by atoms with Gasteiger partial charge in [-0.2, -0.15) is 0 Å². The summed E-state index contributed by atoms with van der Waals surface area (Å²) >= 11 is 8.65. The lowest BCUT2D eigenvalue weighted by atomic mass is 10.3. The molecule has 7 heteroatoms. The number of halogens is 5. The van der Waals surface area contributed by atoms with Gasteiger partial charge in [0.05, 0.1) is 22.1 Å². The van der Waals surface area contributed by atoms with Crippen molar-refractivity contribution in [2.75, 3.05) is 5.88 Å². The van der Waals surface area contributed by atoms with Crippen molar-refractivity contribution in [3.63, 3.8) is 0 Å². The Labute approximate surface area is 115 Å². The first-order valence-electron chi connectivity index (χ1n) is 5.21. The van der Waals surface area contributed by atoms with Crippen LogP contribution < -0.4 is 0 Å². The third kappa shape index (κ3) is 2.64. The smallest absolute Gasteiger partial charge is 0.256 e. The molecule has 0 amide bonds. The molecule has 2 nitrogen and oxygen atoms in total. The van der Waals surface area contributed by atoms with Gasteiger partial charge in [-0.15, -0.1) is 11.6 Å². The SMILES string of the molecule is Fc1cc2nc(CCCl)n(CC(F)F)c2cc1Br. The molecule has 0 saturated carbocycles. The molecule has 1 heterocycles. The van der Waals surface area contributed by atoms with Gasteiger partial charge >= 0.3 is 0 Å². The average molecular weight is 342 g/mol. The van der Waals surface area contributed by atoms with Crippen LogP contribution in [0.5, 0.6) is 0 Å². The van der Waals surface area contributed by atoms with Gasteiger partial charge in [-0.1, -0.05) is 0 Å². The van der Waals surface area contributed by atoms with E-state index < -0.39 is 18.8 Å². The molecule has 0 atom stereocenters. The van der Waals surface area contributed by atoms with Crippen LogP contribution in [0.3, 0.4) is 0 Å². The van der Waals surface area contributed by atoms with E-state index >= 15 is 0 Å². The predicted molar refractivity (Wildman–Crippen MR) is 67.8 cm³/mol. The number of hydrogen-bond donors (Lipinski definition) is 0. The first-order valence-corrected chi connectivity index (χ1v) is 6.54. The lowest BCUT2D eigenvalue weighted by molar-refractivity contribution is 0.127. The lowest BCUT2D eigenvalue weighted by Gasteiger charge is -2.07. The number of imidazole rings is 1. The van der Waals surface area contributed by atoms with E-state index in [0.29, 0.717) is 23.3 Å². The van der Waals surface area contributed by atoms with Crippen LogP contribution in [0.25, 0.3) is 11.0 Å². The predicted octanol–water partition coefficient (Wildman–Crippen LogP) is 3.98. The molecule has 1 aromatic heterocycles. The molecular weight excluding hydrogens is 332 g/mol. The summed E-state index contributed by atoms with van der Waals surface area (Å²) in [6, 6.07) is 2.68. The largest absolute Gasteiger partial charge is 0.322 e. The van der Waals surface area contributed by atoms with E-state index in [9.17, 15) is 13.2 Å². The number of rotatable bonds is 4. The Balaban J connectivity index is 2.60. The highest BCUT2D eigenvalue weighted by atomic mass is 79.9. The number of fused-ring (bicyclic) bond motifs is 1. The van der Waals surface area contributed by atoms with Gasteiger partial charge in [-0.3, -0.25) is 0 Å². The normalized spacial score (nSPS) is 11.7. The molecule has 18 heavy (non-hydrogen) atoms. The fraction of sp³-hybridized carbons (Fsp3) is 0.364. The first kappa shape index (κ1) is 13.7. The second-order valence-corrected chi connectivity index (χ2v) is 4.96. The fourth-order valence-corrected chi connectivity index (χ4v) is 2.29. The Hall–Kier alpha value is -0.750. The van der Waals surface area contributed by atoms with E-state index in [1.165, 1.54) is 16.7 Å². The minimum absolute atomic E-state index is 0.225. The second kappa shape index (κ2) is 5.48. The molecule has 2 aromatic rings. The fourth-order valence-electron chi connectivity index (χ4n) is 1.79.